The van der Waals surface area contributed by atoms with E-state index in [0.717, 1.165) is 11.1 Å². The molecule has 0 saturated heterocycles. The zero-order valence-corrected chi connectivity index (χ0v) is 13.3. The number of hydrogen-bond acceptors (Lipinski definition) is 3. The number of carbonyl (C=O) groups excluding carboxylic acids is 1. The van der Waals surface area contributed by atoms with Gasteiger partial charge in [0.15, 0.2) is 0 Å². The number of halogens is 1. The van der Waals surface area contributed by atoms with Crippen LogP contribution in [0.2, 0.25) is 0 Å². The first-order chi connectivity index (χ1) is 11.1. The lowest BCUT2D eigenvalue weighted by molar-refractivity contribution is 0.205. The van der Waals surface area contributed by atoms with E-state index in [1.54, 1.807) is 30.3 Å². The molecular weight excluding hydrogens is 297 g/mol. The second-order valence-corrected chi connectivity index (χ2v) is 5.04. The molecule has 23 heavy (non-hydrogen) atoms. The highest BCUT2D eigenvalue weighted by Gasteiger charge is 2.12. The Hall–Kier alpha value is -2.63. The monoisotopic (exact) mass is 317 g/mol. The number of nitrogens with one attached hydrogen (secondary N) is 1. The molecule has 0 aliphatic carbocycles. The quantitative estimate of drug-likeness (QED) is 0.891. The fraction of sp³-hybridized carbons (Fsp3) is 0.294. The first-order valence-corrected chi connectivity index (χ1v) is 7.40. The largest absolute Gasteiger partial charge is 0.478 e. The number of hydrogen-bond donors (Lipinski definition) is 1. The van der Waals surface area contributed by atoms with E-state index in [9.17, 15) is 9.18 Å². The van der Waals surface area contributed by atoms with Gasteiger partial charge in [0.1, 0.15) is 5.82 Å². The van der Waals surface area contributed by atoms with Crippen molar-refractivity contribution in [3.63, 3.8) is 0 Å². The number of amides is 2. The van der Waals surface area contributed by atoms with E-state index < -0.39 is 0 Å². The van der Waals surface area contributed by atoms with Crippen molar-refractivity contribution < 1.29 is 13.9 Å². The Morgan fingerprint density at radius 3 is 2.74 bits per heavy atom. The molecule has 0 aliphatic heterocycles. The molecule has 1 heterocycles. The number of pyridine rings is 1. The number of aromatic nitrogens is 1. The van der Waals surface area contributed by atoms with Crippen LogP contribution in [-0.4, -0.2) is 29.6 Å². The minimum absolute atomic E-state index is 0.222. The van der Waals surface area contributed by atoms with Crippen molar-refractivity contribution in [3.8, 4) is 5.88 Å². The highest BCUT2D eigenvalue weighted by atomic mass is 19.1. The third-order valence-electron chi connectivity index (χ3n) is 3.24. The van der Waals surface area contributed by atoms with Gasteiger partial charge in [0.25, 0.3) is 0 Å². The summed E-state index contributed by atoms with van der Waals surface area (Å²) >= 11 is 0. The second kappa shape index (κ2) is 8.12. The summed E-state index contributed by atoms with van der Waals surface area (Å²) in [5, 5.41) is 2.79. The number of benzene rings is 1. The van der Waals surface area contributed by atoms with Gasteiger partial charge in [-0.25, -0.2) is 14.2 Å². The molecule has 2 aromatic rings. The predicted molar refractivity (Wildman–Crippen MR) is 85.5 cm³/mol. The average Bonchev–Trinajstić information content (AvgIpc) is 2.56. The molecule has 0 radical (unpaired) electrons. The van der Waals surface area contributed by atoms with E-state index in [1.807, 2.05) is 19.1 Å². The Kier molecular flexibility index (Phi) is 5.91. The predicted octanol–water partition coefficient (Wildman–Crippen LogP) is 2.96. The molecule has 0 saturated carbocycles. The summed E-state index contributed by atoms with van der Waals surface area (Å²) in [6.45, 7) is 3.13. The minimum Gasteiger partial charge on any atom is -0.478 e. The van der Waals surface area contributed by atoms with Gasteiger partial charge in [0, 0.05) is 25.4 Å². The van der Waals surface area contributed by atoms with Crippen LogP contribution in [-0.2, 0) is 13.1 Å². The first-order valence-electron chi connectivity index (χ1n) is 7.40. The van der Waals surface area contributed by atoms with Gasteiger partial charge in [0.2, 0.25) is 5.88 Å². The number of nitrogens with zero attached hydrogens (tertiary/aromatic N) is 2. The standard InChI is InChI=1S/C17H20FN3O2/c1-3-23-16-14(5-4-10-19-16)12-21(2)17(22)20-11-13-6-8-15(18)9-7-13/h4-10H,3,11-12H2,1-2H3,(H,20,22). The van der Waals surface area contributed by atoms with E-state index in [1.165, 1.54) is 12.1 Å². The van der Waals surface area contributed by atoms with Crippen LogP contribution in [0.4, 0.5) is 9.18 Å². The topological polar surface area (TPSA) is 54.5 Å². The van der Waals surface area contributed by atoms with Gasteiger partial charge in [-0.15, -0.1) is 0 Å². The summed E-state index contributed by atoms with van der Waals surface area (Å²) in [7, 11) is 1.70. The van der Waals surface area contributed by atoms with Crippen molar-refractivity contribution in [1.29, 1.82) is 0 Å². The van der Waals surface area contributed by atoms with Gasteiger partial charge in [0.05, 0.1) is 13.2 Å². The normalized spacial score (nSPS) is 10.2. The molecule has 6 heteroatoms. The van der Waals surface area contributed by atoms with Gasteiger partial charge < -0.3 is 15.0 Å². The Labute approximate surface area is 135 Å². The number of carbonyl (C=O) groups is 1. The Bertz CT molecular complexity index is 647. The summed E-state index contributed by atoms with van der Waals surface area (Å²) < 4.78 is 18.3. The van der Waals surface area contributed by atoms with E-state index >= 15 is 0 Å². The Balaban J connectivity index is 1.91. The molecule has 5 nitrogen and oxygen atoms in total. The van der Waals surface area contributed by atoms with Crippen LogP contribution < -0.4 is 10.1 Å². The zero-order chi connectivity index (χ0) is 16.7. The SMILES string of the molecule is CCOc1ncccc1CN(C)C(=O)NCc1ccc(F)cc1. The highest BCUT2D eigenvalue weighted by molar-refractivity contribution is 5.73. The molecule has 122 valence electrons. The molecule has 0 aliphatic rings. The van der Waals surface area contributed by atoms with Crippen LogP contribution in [0.3, 0.4) is 0 Å². The van der Waals surface area contributed by atoms with Crippen LogP contribution in [0.5, 0.6) is 5.88 Å². The first kappa shape index (κ1) is 16.7. The third-order valence-corrected chi connectivity index (χ3v) is 3.24. The van der Waals surface area contributed by atoms with E-state index in [0.29, 0.717) is 25.6 Å². The van der Waals surface area contributed by atoms with E-state index in [-0.39, 0.29) is 11.8 Å². The fourth-order valence-corrected chi connectivity index (χ4v) is 2.05. The number of ether oxygens (including phenoxy) is 1. The molecule has 1 N–H and O–H groups in total. The van der Waals surface area contributed by atoms with Gasteiger partial charge >= 0.3 is 6.03 Å². The lowest BCUT2D eigenvalue weighted by Crippen LogP contribution is -2.36. The molecule has 0 fully saturated rings. The molecule has 0 bridgehead atoms. The van der Waals surface area contributed by atoms with Crippen molar-refractivity contribution in [3.05, 3.63) is 59.5 Å². The maximum absolute atomic E-state index is 12.8. The maximum atomic E-state index is 12.8. The smallest absolute Gasteiger partial charge is 0.317 e. The summed E-state index contributed by atoms with van der Waals surface area (Å²) in [4.78, 5) is 17.8. The van der Waals surface area contributed by atoms with Crippen molar-refractivity contribution in [2.45, 2.75) is 20.0 Å². The molecule has 2 rings (SSSR count). The molecule has 2 amide bonds. The summed E-state index contributed by atoms with van der Waals surface area (Å²) in [5.41, 5.74) is 1.68. The van der Waals surface area contributed by atoms with Crippen molar-refractivity contribution in [1.82, 2.24) is 15.2 Å². The van der Waals surface area contributed by atoms with Crippen LogP contribution in [0.1, 0.15) is 18.1 Å². The van der Waals surface area contributed by atoms with Crippen LogP contribution in [0.25, 0.3) is 0 Å². The highest BCUT2D eigenvalue weighted by Crippen LogP contribution is 2.16. The second-order valence-electron chi connectivity index (χ2n) is 5.04. The fourth-order valence-electron chi connectivity index (χ4n) is 2.05. The van der Waals surface area contributed by atoms with Gasteiger partial charge in [-0.3, -0.25) is 0 Å². The van der Waals surface area contributed by atoms with Crippen LogP contribution >= 0.6 is 0 Å². The van der Waals surface area contributed by atoms with Crippen molar-refractivity contribution >= 4 is 6.03 Å². The van der Waals surface area contributed by atoms with E-state index in [2.05, 4.69) is 10.3 Å². The number of rotatable bonds is 6. The Morgan fingerprint density at radius 1 is 1.30 bits per heavy atom. The van der Waals surface area contributed by atoms with Crippen molar-refractivity contribution in [2.24, 2.45) is 0 Å². The van der Waals surface area contributed by atoms with Gasteiger partial charge in [-0.05, 0) is 30.7 Å². The van der Waals surface area contributed by atoms with E-state index in [4.69, 9.17) is 4.74 Å². The zero-order valence-electron chi connectivity index (χ0n) is 13.3. The molecule has 1 aromatic heterocycles. The lowest BCUT2D eigenvalue weighted by Gasteiger charge is -2.19. The Morgan fingerprint density at radius 2 is 2.04 bits per heavy atom. The summed E-state index contributed by atoms with van der Waals surface area (Å²) in [5.74, 6) is 0.241. The maximum Gasteiger partial charge on any atom is 0.317 e. The molecular formula is C17H20FN3O2. The van der Waals surface area contributed by atoms with Gasteiger partial charge in [-0.2, -0.15) is 0 Å². The molecule has 0 spiro atoms. The minimum atomic E-state index is -0.294. The lowest BCUT2D eigenvalue weighted by atomic mass is 10.2. The summed E-state index contributed by atoms with van der Waals surface area (Å²) in [6, 6.07) is 9.49. The molecule has 1 aromatic carbocycles. The van der Waals surface area contributed by atoms with Gasteiger partial charge in [-0.1, -0.05) is 18.2 Å². The molecule has 0 atom stereocenters. The summed E-state index contributed by atoms with van der Waals surface area (Å²) in [6.07, 6.45) is 1.66. The average molecular weight is 317 g/mol. The van der Waals surface area contributed by atoms with Crippen molar-refractivity contribution in [2.75, 3.05) is 13.7 Å². The number of urea groups is 1. The van der Waals surface area contributed by atoms with Crippen LogP contribution in [0, 0.1) is 5.82 Å². The third kappa shape index (κ3) is 4.95. The molecule has 0 unspecified atom stereocenters. The van der Waals surface area contributed by atoms with Crippen LogP contribution in [0.15, 0.2) is 42.6 Å².